The maximum Gasteiger partial charge on any atom is 0.420 e. The predicted molar refractivity (Wildman–Crippen MR) is 140 cm³/mol. The third-order valence-electron chi connectivity index (χ3n) is 6.19. The van der Waals surface area contributed by atoms with Gasteiger partial charge in [0.2, 0.25) is 5.91 Å². The first-order chi connectivity index (χ1) is 16.3. The predicted octanol–water partition coefficient (Wildman–Crippen LogP) is 6.80. The number of ketones is 1. The third kappa shape index (κ3) is 7.60. The zero-order valence-corrected chi connectivity index (χ0v) is 21.8. The van der Waals surface area contributed by atoms with E-state index in [1.807, 2.05) is 30.3 Å². The second-order valence-electron chi connectivity index (χ2n) is 8.68. The molecule has 1 saturated carbocycles. The highest BCUT2D eigenvalue weighted by atomic mass is 79.9. The lowest BCUT2D eigenvalue weighted by atomic mass is 9.81. The van der Waals surface area contributed by atoms with E-state index in [0.29, 0.717) is 24.1 Å². The number of halogens is 1. The molecule has 2 amide bonds. The molecule has 8 heteroatoms. The summed E-state index contributed by atoms with van der Waals surface area (Å²) < 4.78 is 7.69. The van der Waals surface area contributed by atoms with Gasteiger partial charge in [-0.3, -0.25) is 13.9 Å². The quantitative estimate of drug-likeness (QED) is 0.267. The molecule has 0 bridgehead atoms. The second-order valence-corrected chi connectivity index (χ2v) is 10.0. The van der Waals surface area contributed by atoms with Crippen molar-refractivity contribution in [2.24, 2.45) is 5.92 Å². The Morgan fingerprint density at radius 1 is 1.12 bits per heavy atom. The van der Waals surface area contributed by atoms with Crippen molar-refractivity contribution >= 4 is 52.2 Å². The average Bonchev–Trinajstić information content (AvgIpc) is 2.83. The van der Waals surface area contributed by atoms with Gasteiger partial charge in [-0.25, -0.2) is 4.79 Å². The molecule has 1 fully saturated rings. The number of amides is 2. The number of nitrogens with zero attached hydrogens (tertiary/aromatic N) is 1. The van der Waals surface area contributed by atoms with Crippen LogP contribution < -0.4 is 5.32 Å². The number of Topliss-reactive ketones (excluding diaryl/α,β-unsaturated/α-hetero) is 1. The Morgan fingerprint density at radius 3 is 2.59 bits per heavy atom. The van der Waals surface area contributed by atoms with Crippen LogP contribution in [0.2, 0.25) is 0 Å². The van der Waals surface area contributed by atoms with Gasteiger partial charge in [0.25, 0.3) is 0 Å². The fraction of sp³-hybridized carbons (Fsp3) is 0.423. The summed E-state index contributed by atoms with van der Waals surface area (Å²) >= 11 is 7.87. The van der Waals surface area contributed by atoms with E-state index in [4.69, 9.17) is 4.74 Å². The Balaban J connectivity index is 1.50. The molecule has 0 radical (unpaired) electrons. The maximum atomic E-state index is 12.6. The summed E-state index contributed by atoms with van der Waals surface area (Å²) in [5.74, 6) is 0.0424. The normalized spacial score (nSPS) is 17.6. The number of benzene rings is 2. The number of carbonyl (C=O) groups is 3. The Kier molecular flexibility index (Phi) is 10.0. The summed E-state index contributed by atoms with van der Waals surface area (Å²) in [6.45, 7) is 1.70. The minimum Gasteiger partial charge on any atom is -0.444 e. The average molecular weight is 548 g/mol. The number of hydrogen-bond donors (Lipinski definition) is 2. The summed E-state index contributed by atoms with van der Waals surface area (Å²) in [5.41, 5.74) is 1.94. The number of anilines is 1. The van der Waals surface area contributed by atoms with Crippen LogP contribution in [0.3, 0.4) is 0 Å². The topological polar surface area (TPSA) is 75.7 Å². The highest BCUT2D eigenvalue weighted by Crippen LogP contribution is 2.33. The lowest BCUT2D eigenvalue weighted by molar-refractivity contribution is -0.116. The maximum absolute atomic E-state index is 12.6. The molecule has 0 heterocycles. The van der Waals surface area contributed by atoms with Crippen molar-refractivity contribution in [3.05, 3.63) is 64.1 Å². The summed E-state index contributed by atoms with van der Waals surface area (Å²) in [6.07, 6.45) is 5.44. The van der Waals surface area contributed by atoms with Crippen molar-refractivity contribution in [2.75, 3.05) is 5.32 Å². The molecule has 182 valence electrons. The lowest BCUT2D eigenvalue weighted by Gasteiger charge is -2.36. The summed E-state index contributed by atoms with van der Waals surface area (Å²) in [6, 6.07) is 14.8. The molecule has 0 unspecified atom stereocenters. The Bertz CT molecular complexity index is 1000. The lowest BCUT2D eigenvalue weighted by Crippen LogP contribution is -2.40. The molecule has 0 aliphatic heterocycles. The molecule has 1 N–H and O–H groups in total. The second kappa shape index (κ2) is 13.0. The fourth-order valence-electron chi connectivity index (χ4n) is 4.43. The fourth-order valence-corrected chi connectivity index (χ4v) is 5.15. The van der Waals surface area contributed by atoms with Crippen molar-refractivity contribution in [3.8, 4) is 0 Å². The van der Waals surface area contributed by atoms with Gasteiger partial charge in [0.05, 0.1) is 5.69 Å². The molecule has 0 spiro atoms. The monoisotopic (exact) mass is 546 g/mol. The smallest absolute Gasteiger partial charge is 0.420 e. The molecule has 3 rings (SSSR count). The number of carbonyl (C=O) groups excluding carboxylic acids is 3. The van der Waals surface area contributed by atoms with E-state index >= 15 is 0 Å². The summed E-state index contributed by atoms with van der Waals surface area (Å²) in [7, 11) is 0. The van der Waals surface area contributed by atoms with E-state index in [0.717, 1.165) is 42.1 Å². The molecular weight excluding hydrogens is 516 g/mol. The standard InChI is InChI=1S/C26H31BrN2O4S/c1-18(30)22-15-14-21(27)16-23(22)28-25(31)13-7-11-20-10-5-6-12-24(20)29(34)26(32)33-17-19-8-3-2-4-9-19/h2-4,8-9,14-16,20,24,34H,5-7,10-13,17H2,1H3,(H,28,31)/t20-,24-/m0/s1. The van der Waals surface area contributed by atoms with E-state index in [1.165, 1.54) is 11.2 Å². The van der Waals surface area contributed by atoms with Gasteiger partial charge in [0.15, 0.2) is 5.78 Å². The van der Waals surface area contributed by atoms with Crippen LogP contribution in [-0.2, 0) is 16.1 Å². The van der Waals surface area contributed by atoms with Crippen LogP contribution in [0.15, 0.2) is 53.0 Å². The van der Waals surface area contributed by atoms with Crippen LogP contribution in [0.4, 0.5) is 10.5 Å². The largest absolute Gasteiger partial charge is 0.444 e. The molecule has 2 atom stereocenters. The minimum absolute atomic E-state index is 0.0159. The first-order valence-electron chi connectivity index (χ1n) is 11.6. The number of hydrogen-bond acceptors (Lipinski definition) is 5. The van der Waals surface area contributed by atoms with Gasteiger partial charge in [-0.15, -0.1) is 0 Å². The minimum atomic E-state index is -0.437. The molecule has 2 aromatic carbocycles. The zero-order valence-electron chi connectivity index (χ0n) is 19.3. The van der Waals surface area contributed by atoms with E-state index in [2.05, 4.69) is 34.1 Å². The van der Waals surface area contributed by atoms with Crippen LogP contribution in [0.1, 0.15) is 67.8 Å². The van der Waals surface area contributed by atoms with Crippen LogP contribution in [-0.4, -0.2) is 28.1 Å². The summed E-state index contributed by atoms with van der Waals surface area (Å²) in [5, 5.41) is 2.87. The molecule has 0 saturated heterocycles. The third-order valence-corrected chi connectivity index (χ3v) is 7.14. The summed E-state index contributed by atoms with van der Waals surface area (Å²) in [4.78, 5) is 37.0. The first kappa shape index (κ1) is 26.3. The number of ether oxygens (including phenoxy) is 1. The number of rotatable bonds is 9. The van der Waals surface area contributed by atoms with Crippen LogP contribution in [0.25, 0.3) is 0 Å². The molecule has 1 aliphatic rings. The molecular formula is C26H31BrN2O4S. The van der Waals surface area contributed by atoms with Crippen molar-refractivity contribution in [1.82, 2.24) is 4.31 Å². The molecule has 1 aliphatic carbocycles. The Hall–Kier alpha value is -2.32. The van der Waals surface area contributed by atoms with Crippen molar-refractivity contribution in [1.29, 1.82) is 0 Å². The highest BCUT2D eigenvalue weighted by Gasteiger charge is 2.32. The number of thiol groups is 1. The van der Waals surface area contributed by atoms with Gasteiger partial charge in [0, 0.05) is 22.5 Å². The molecule has 6 nitrogen and oxygen atoms in total. The zero-order chi connectivity index (χ0) is 24.5. The Labute approximate surface area is 215 Å². The molecule has 0 aromatic heterocycles. The highest BCUT2D eigenvalue weighted by molar-refractivity contribution is 9.10. The first-order valence-corrected chi connectivity index (χ1v) is 12.8. The van der Waals surface area contributed by atoms with Crippen LogP contribution in [0.5, 0.6) is 0 Å². The van der Waals surface area contributed by atoms with Crippen LogP contribution in [0, 0.1) is 5.92 Å². The van der Waals surface area contributed by atoms with Gasteiger partial charge in [0.1, 0.15) is 6.61 Å². The van der Waals surface area contributed by atoms with Gasteiger partial charge in [-0.2, -0.15) is 0 Å². The van der Waals surface area contributed by atoms with Crippen molar-refractivity contribution in [2.45, 2.75) is 64.5 Å². The van der Waals surface area contributed by atoms with E-state index in [9.17, 15) is 14.4 Å². The van der Waals surface area contributed by atoms with E-state index in [-0.39, 0.29) is 30.3 Å². The van der Waals surface area contributed by atoms with Crippen molar-refractivity contribution in [3.63, 3.8) is 0 Å². The number of nitrogens with one attached hydrogen (secondary N) is 1. The van der Waals surface area contributed by atoms with Gasteiger partial charge >= 0.3 is 6.09 Å². The molecule has 34 heavy (non-hydrogen) atoms. The Morgan fingerprint density at radius 2 is 1.85 bits per heavy atom. The van der Waals surface area contributed by atoms with E-state index in [1.54, 1.807) is 18.2 Å². The SMILES string of the molecule is CC(=O)c1ccc(Br)cc1NC(=O)CCC[C@@H]1CCCC[C@@H]1N(S)C(=O)OCc1ccccc1. The van der Waals surface area contributed by atoms with Gasteiger partial charge < -0.3 is 10.1 Å². The van der Waals surface area contributed by atoms with E-state index < -0.39 is 6.09 Å². The van der Waals surface area contributed by atoms with Crippen LogP contribution >= 0.6 is 28.7 Å². The van der Waals surface area contributed by atoms with Gasteiger partial charge in [-0.05, 0) is 62.3 Å². The molecule has 2 aromatic rings. The van der Waals surface area contributed by atoms with Crippen molar-refractivity contribution < 1.29 is 19.1 Å². The van der Waals surface area contributed by atoms with Gasteiger partial charge in [-0.1, -0.05) is 71.9 Å².